The topological polar surface area (TPSA) is 29.5 Å². The third-order valence-corrected chi connectivity index (χ3v) is 5.84. The Morgan fingerprint density at radius 1 is 1.09 bits per heavy atom. The zero-order chi connectivity index (χ0) is 16.1. The minimum atomic E-state index is -1.16. The average Bonchev–Trinajstić information content (AvgIpc) is 2.87. The largest absolute Gasteiger partial charge is 0.348 e. The van der Waals surface area contributed by atoms with Crippen LogP contribution in [0.3, 0.4) is 0 Å². The van der Waals surface area contributed by atoms with E-state index in [4.69, 9.17) is 27.9 Å². The van der Waals surface area contributed by atoms with E-state index in [0.717, 1.165) is 11.3 Å². The Bertz CT molecular complexity index is 739. The molecule has 2 heterocycles. The molecule has 3 nitrogen and oxygen atoms in total. The molecule has 0 radical (unpaired) electrons. The molecule has 0 spiro atoms. The molecule has 5 heteroatoms. The molecule has 0 aromatic heterocycles. The summed E-state index contributed by atoms with van der Waals surface area (Å²) in [5, 5.41) is 0. The molecule has 2 aromatic carbocycles. The molecule has 0 saturated carbocycles. The summed E-state index contributed by atoms with van der Waals surface area (Å²) in [5.41, 5.74) is 0.632. The predicted molar refractivity (Wildman–Crippen MR) is 90.8 cm³/mol. The lowest BCUT2D eigenvalue weighted by molar-refractivity contribution is -0.148. The fourth-order valence-corrected chi connectivity index (χ4v) is 4.50. The van der Waals surface area contributed by atoms with Crippen molar-refractivity contribution < 1.29 is 9.53 Å². The van der Waals surface area contributed by atoms with E-state index >= 15 is 0 Å². The van der Waals surface area contributed by atoms with Gasteiger partial charge in [0.2, 0.25) is 5.72 Å². The number of carbonyl (C=O) groups is 1. The lowest BCUT2D eigenvalue weighted by atomic mass is 9.72. The number of nitrogens with zero attached hydrogens (tertiary/aromatic N) is 1. The van der Waals surface area contributed by atoms with Crippen LogP contribution in [0.25, 0.3) is 0 Å². The Labute approximate surface area is 144 Å². The maximum Gasteiger partial charge on any atom is 0.256 e. The number of ether oxygens (including phenoxy) is 1. The van der Waals surface area contributed by atoms with Crippen LogP contribution < -0.4 is 4.90 Å². The predicted octanol–water partition coefficient (Wildman–Crippen LogP) is 3.75. The SMILES string of the molecule is O=C1N(c2ccccc2)[C@]2(c3ccccc3)OC[C@H](CCl)[C@]12Cl. The minimum Gasteiger partial charge on any atom is -0.348 e. The first-order chi connectivity index (χ1) is 11.2. The second-order valence-electron chi connectivity index (χ2n) is 5.86. The van der Waals surface area contributed by atoms with Crippen LogP contribution in [0, 0.1) is 5.92 Å². The number of hydrogen-bond acceptors (Lipinski definition) is 2. The molecule has 2 aromatic rings. The van der Waals surface area contributed by atoms with Crippen molar-refractivity contribution in [3.63, 3.8) is 0 Å². The van der Waals surface area contributed by atoms with Crippen molar-refractivity contribution in [3.05, 3.63) is 66.2 Å². The fraction of sp³-hybridized carbons (Fsp3) is 0.278. The van der Waals surface area contributed by atoms with Gasteiger partial charge in [-0.2, -0.15) is 0 Å². The van der Waals surface area contributed by atoms with Gasteiger partial charge >= 0.3 is 0 Å². The molecule has 2 aliphatic rings. The van der Waals surface area contributed by atoms with E-state index in [1.165, 1.54) is 0 Å². The highest BCUT2D eigenvalue weighted by Gasteiger charge is 2.79. The molecule has 23 heavy (non-hydrogen) atoms. The number of halogens is 2. The summed E-state index contributed by atoms with van der Waals surface area (Å²) in [6.45, 7) is 0.358. The first-order valence-electron chi connectivity index (χ1n) is 7.50. The van der Waals surface area contributed by atoms with Crippen LogP contribution >= 0.6 is 23.2 Å². The standard InChI is InChI=1S/C18H15Cl2NO2/c19-11-14-12-23-18(13-7-3-1-4-8-13)17(14,20)16(22)21(18)15-9-5-2-6-10-15/h1-10,14H,11-12H2/t14-,17-,18+/m0/s1. The summed E-state index contributed by atoms with van der Waals surface area (Å²) >= 11 is 12.9. The van der Waals surface area contributed by atoms with Crippen molar-refractivity contribution in [2.75, 3.05) is 17.4 Å². The van der Waals surface area contributed by atoms with Crippen molar-refractivity contribution in [2.45, 2.75) is 10.6 Å². The number of rotatable bonds is 3. The summed E-state index contributed by atoms with van der Waals surface area (Å²) in [4.78, 5) is 13.5. The summed E-state index contributed by atoms with van der Waals surface area (Å²) in [5.74, 6) is -0.0946. The molecule has 0 aliphatic carbocycles. The molecule has 2 saturated heterocycles. The maximum atomic E-state index is 13.0. The molecule has 0 bridgehead atoms. The average molecular weight is 348 g/mol. The van der Waals surface area contributed by atoms with Gasteiger partial charge in [0.25, 0.3) is 5.91 Å². The number of amides is 1. The van der Waals surface area contributed by atoms with Crippen LogP contribution in [0.15, 0.2) is 60.7 Å². The second kappa shape index (κ2) is 5.23. The summed E-state index contributed by atoms with van der Waals surface area (Å²) < 4.78 is 6.16. The van der Waals surface area contributed by atoms with Crippen molar-refractivity contribution in [1.29, 1.82) is 0 Å². The van der Waals surface area contributed by atoms with Crippen molar-refractivity contribution in [3.8, 4) is 0 Å². The third kappa shape index (κ3) is 1.73. The number of hydrogen-bond donors (Lipinski definition) is 0. The highest BCUT2D eigenvalue weighted by Crippen LogP contribution is 2.63. The van der Waals surface area contributed by atoms with Crippen molar-refractivity contribution >= 4 is 34.8 Å². The summed E-state index contributed by atoms with van der Waals surface area (Å²) in [6.07, 6.45) is 0. The van der Waals surface area contributed by atoms with Gasteiger partial charge in [-0.3, -0.25) is 9.69 Å². The molecule has 3 atom stereocenters. The van der Waals surface area contributed by atoms with Crippen LogP contribution in [0.5, 0.6) is 0 Å². The van der Waals surface area contributed by atoms with E-state index in [0.29, 0.717) is 6.61 Å². The highest BCUT2D eigenvalue weighted by molar-refractivity contribution is 6.43. The normalized spacial score (nSPS) is 32.5. The van der Waals surface area contributed by atoms with E-state index in [2.05, 4.69) is 0 Å². The highest BCUT2D eigenvalue weighted by atomic mass is 35.5. The van der Waals surface area contributed by atoms with E-state index in [1.807, 2.05) is 60.7 Å². The van der Waals surface area contributed by atoms with E-state index in [9.17, 15) is 4.79 Å². The first kappa shape index (κ1) is 15.0. The van der Waals surface area contributed by atoms with Gasteiger partial charge in [-0.25, -0.2) is 0 Å². The number of benzene rings is 2. The van der Waals surface area contributed by atoms with Gasteiger partial charge in [-0.15, -0.1) is 23.2 Å². The zero-order valence-corrected chi connectivity index (χ0v) is 13.8. The lowest BCUT2D eigenvalue weighted by Crippen LogP contribution is -2.78. The maximum absolute atomic E-state index is 13.0. The third-order valence-electron chi connectivity index (χ3n) is 4.74. The second-order valence-corrected chi connectivity index (χ2v) is 6.76. The van der Waals surface area contributed by atoms with Crippen LogP contribution in [-0.4, -0.2) is 23.3 Å². The number of fused-ring (bicyclic) bond motifs is 1. The molecule has 4 rings (SSSR count). The van der Waals surface area contributed by atoms with E-state index in [-0.39, 0.29) is 17.7 Å². The Morgan fingerprint density at radius 3 is 2.30 bits per heavy atom. The summed E-state index contributed by atoms with van der Waals surface area (Å²) in [7, 11) is 0. The molecule has 118 valence electrons. The molecule has 1 amide bonds. The Hall–Kier alpha value is -1.55. The number of β-lactam (4-membered cyclic amide) rings is 1. The zero-order valence-electron chi connectivity index (χ0n) is 12.3. The Kier molecular flexibility index (Phi) is 3.41. The fourth-order valence-electron chi connectivity index (χ4n) is 3.63. The molecule has 2 fully saturated rings. The quantitative estimate of drug-likeness (QED) is 0.625. The molecule has 2 aliphatic heterocycles. The van der Waals surface area contributed by atoms with Crippen LogP contribution in [-0.2, 0) is 15.3 Å². The number of para-hydroxylation sites is 1. The van der Waals surface area contributed by atoms with Crippen molar-refractivity contribution in [2.24, 2.45) is 5.92 Å². The van der Waals surface area contributed by atoms with E-state index in [1.54, 1.807) is 4.90 Å². The number of anilines is 1. The van der Waals surface area contributed by atoms with Gasteiger partial charge in [-0.05, 0) is 12.1 Å². The molecular weight excluding hydrogens is 333 g/mol. The van der Waals surface area contributed by atoms with Gasteiger partial charge in [0.1, 0.15) is 0 Å². The number of carbonyl (C=O) groups excluding carboxylic acids is 1. The van der Waals surface area contributed by atoms with Gasteiger partial charge in [0.15, 0.2) is 4.87 Å². The lowest BCUT2D eigenvalue weighted by Gasteiger charge is -2.58. The smallest absolute Gasteiger partial charge is 0.256 e. The van der Waals surface area contributed by atoms with E-state index < -0.39 is 10.6 Å². The van der Waals surface area contributed by atoms with Gasteiger partial charge in [0.05, 0.1) is 6.61 Å². The Morgan fingerprint density at radius 2 is 1.70 bits per heavy atom. The van der Waals surface area contributed by atoms with Crippen LogP contribution in [0.2, 0.25) is 0 Å². The monoisotopic (exact) mass is 347 g/mol. The minimum absolute atomic E-state index is 0.155. The summed E-state index contributed by atoms with van der Waals surface area (Å²) in [6, 6.07) is 19.1. The molecular formula is C18H15Cl2NO2. The van der Waals surface area contributed by atoms with Gasteiger partial charge < -0.3 is 4.74 Å². The Balaban J connectivity index is 1.91. The number of alkyl halides is 2. The van der Waals surface area contributed by atoms with Crippen LogP contribution in [0.4, 0.5) is 5.69 Å². The molecule has 0 unspecified atom stereocenters. The molecule has 0 N–H and O–H groups in total. The van der Waals surface area contributed by atoms with Gasteiger partial charge in [-0.1, -0.05) is 48.5 Å². The van der Waals surface area contributed by atoms with Gasteiger partial charge in [0, 0.05) is 23.0 Å². The van der Waals surface area contributed by atoms with Crippen LogP contribution in [0.1, 0.15) is 5.56 Å². The first-order valence-corrected chi connectivity index (χ1v) is 8.41. The van der Waals surface area contributed by atoms with Crippen molar-refractivity contribution in [1.82, 2.24) is 0 Å².